The van der Waals surface area contributed by atoms with Crippen molar-refractivity contribution in [2.24, 2.45) is 14.1 Å². The van der Waals surface area contributed by atoms with Gasteiger partial charge in [-0.2, -0.15) is 5.10 Å². The number of halogens is 1. The summed E-state index contributed by atoms with van der Waals surface area (Å²) in [5, 5.41) is 17.2. The van der Waals surface area contributed by atoms with Crippen LogP contribution in [0.1, 0.15) is 0 Å². The zero-order valence-corrected chi connectivity index (χ0v) is 19.3. The number of amides is 1. The van der Waals surface area contributed by atoms with Gasteiger partial charge in [-0.1, -0.05) is 53.7 Å². The molecule has 0 fully saturated rings. The Morgan fingerprint density at radius 3 is 2.69 bits per heavy atom. The zero-order chi connectivity index (χ0) is 22.7. The fourth-order valence-corrected chi connectivity index (χ4v) is 4.11. The van der Waals surface area contributed by atoms with Crippen LogP contribution in [0.2, 0.25) is 5.02 Å². The first-order valence-electron chi connectivity index (χ1n) is 9.71. The van der Waals surface area contributed by atoms with Gasteiger partial charge >= 0.3 is 0 Å². The lowest BCUT2D eigenvalue weighted by molar-refractivity contribution is -0.113. The number of thioether (sulfide) groups is 1. The van der Waals surface area contributed by atoms with E-state index in [1.807, 2.05) is 55.2 Å². The van der Waals surface area contributed by atoms with Crippen LogP contribution in [-0.4, -0.2) is 43.3 Å². The molecule has 2 heterocycles. The number of carbonyl (C=O) groups is 1. The highest BCUT2D eigenvalue weighted by atomic mass is 35.5. The molecule has 0 saturated heterocycles. The van der Waals surface area contributed by atoms with Gasteiger partial charge in [0.15, 0.2) is 11.0 Å². The SMILES string of the molecule is COc1ccc(Cl)cc1NC(=O)CSc1nnc(-c2cn(C)nc2-c2ccccc2)n1C. The molecule has 8 nitrogen and oxygen atoms in total. The van der Waals surface area contributed by atoms with Gasteiger partial charge in [0.05, 0.1) is 24.1 Å². The minimum atomic E-state index is -0.202. The molecule has 0 aliphatic heterocycles. The lowest BCUT2D eigenvalue weighted by Crippen LogP contribution is -2.15. The van der Waals surface area contributed by atoms with E-state index in [-0.39, 0.29) is 11.7 Å². The van der Waals surface area contributed by atoms with Crippen molar-refractivity contribution < 1.29 is 9.53 Å². The van der Waals surface area contributed by atoms with Crippen molar-refractivity contribution in [3.8, 4) is 28.4 Å². The predicted molar refractivity (Wildman–Crippen MR) is 126 cm³/mol. The zero-order valence-electron chi connectivity index (χ0n) is 17.7. The van der Waals surface area contributed by atoms with Gasteiger partial charge in [-0.05, 0) is 18.2 Å². The van der Waals surface area contributed by atoms with Crippen LogP contribution in [0.25, 0.3) is 22.6 Å². The molecule has 32 heavy (non-hydrogen) atoms. The number of aromatic nitrogens is 5. The number of benzene rings is 2. The highest BCUT2D eigenvalue weighted by Gasteiger charge is 2.19. The molecule has 2 aromatic carbocycles. The Balaban J connectivity index is 1.50. The van der Waals surface area contributed by atoms with E-state index in [9.17, 15) is 4.79 Å². The van der Waals surface area contributed by atoms with E-state index >= 15 is 0 Å². The van der Waals surface area contributed by atoms with Gasteiger partial charge in [-0.15, -0.1) is 10.2 Å². The lowest BCUT2D eigenvalue weighted by atomic mass is 10.1. The Kier molecular flexibility index (Phi) is 6.48. The first-order valence-corrected chi connectivity index (χ1v) is 11.1. The standard InChI is InChI=1S/C22H21ClN6O2S/c1-28-12-16(20(27-28)14-7-5-4-6-8-14)21-25-26-22(29(21)2)32-13-19(30)24-17-11-15(23)9-10-18(17)31-3/h4-12H,13H2,1-3H3,(H,24,30). The van der Waals surface area contributed by atoms with Crippen LogP contribution in [0.15, 0.2) is 59.9 Å². The van der Waals surface area contributed by atoms with Gasteiger partial charge in [-0.3, -0.25) is 9.48 Å². The molecule has 2 aromatic heterocycles. The fraction of sp³-hybridized carbons (Fsp3) is 0.182. The molecular formula is C22H21ClN6O2S. The number of hydrogen-bond donors (Lipinski definition) is 1. The van der Waals surface area contributed by atoms with E-state index in [1.165, 1.54) is 18.9 Å². The molecule has 164 valence electrons. The summed E-state index contributed by atoms with van der Waals surface area (Å²) in [6.07, 6.45) is 1.92. The molecule has 4 rings (SSSR count). The molecule has 1 amide bonds. The smallest absolute Gasteiger partial charge is 0.234 e. The number of rotatable bonds is 7. The van der Waals surface area contributed by atoms with Crippen LogP contribution in [0.5, 0.6) is 5.75 Å². The van der Waals surface area contributed by atoms with Gasteiger partial charge in [0, 0.05) is 30.9 Å². The Hall–Kier alpha value is -3.30. The van der Waals surface area contributed by atoms with Crippen LogP contribution >= 0.6 is 23.4 Å². The van der Waals surface area contributed by atoms with Crippen molar-refractivity contribution in [1.82, 2.24) is 24.5 Å². The van der Waals surface area contributed by atoms with Crippen molar-refractivity contribution in [1.29, 1.82) is 0 Å². The van der Waals surface area contributed by atoms with Crippen molar-refractivity contribution in [3.63, 3.8) is 0 Å². The second-order valence-corrected chi connectivity index (χ2v) is 8.36. The third kappa shape index (κ3) is 4.63. The van der Waals surface area contributed by atoms with Crippen molar-refractivity contribution in [3.05, 3.63) is 59.8 Å². The highest BCUT2D eigenvalue weighted by molar-refractivity contribution is 7.99. The average molecular weight is 469 g/mol. The number of methoxy groups -OCH3 is 1. The summed E-state index contributed by atoms with van der Waals surface area (Å²) in [4.78, 5) is 12.5. The summed E-state index contributed by atoms with van der Waals surface area (Å²) in [7, 11) is 5.28. The second-order valence-electron chi connectivity index (χ2n) is 6.98. The number of hydrogen-bond acceptors (Lipinski definition) is 6. The molecular weight excluding hydrogens is 448 g/mol. The number of ether oxygens (including phenoxy) is 1. The first-order chi connectivity index (χ1) is 15.5. The maximum atomic E-state index is 12.5. The Labute approximate surface area is 194 Å². The van der Waals surface area contributed by atoms with Gasteiger partial charge < -0.3 is 14.6 Å². The van der Waals surface area contributed by atoms with Gasteiger partial charge in [0.25, 0.3) is 0 Å². The minimum Gasteiger partial charge on any atom is -0.495 e. The topological polar surface area (TPSA) is 86.9 Å². The summed E-state index contributed by atoms with van der Waals surface area (Å²) >= 11 is 7.32. The average Bonchev–Trinajstić information content (AvgIpc) is 3.35. The van der Waals surface area contributed by atoms with Crippen LogP contribution in [0.3, 0.4) is 0 Å². The van der Waals surface area contributed by atoms with Gasteiger partial charge in [0.1, 0.15) is 11.4 Å². The molecule has 4 aromatic rings. The number of carbonyl (C=O) groups excluding carboxylic acids is 1. The first kappa shape index (κ1) is 21.9. The Bertz CT molecular complexity index is 1250. The summed E-state index contributed by atoms with van der Waals surface area (Å²) < 4.78 is 8.89. The maximum Gasteiger partial charge on any atom is 0.234 e. The van der Waals surface area contributed by atoms with Crippen LogP contribution < -0.4 is 10.1 Å². The summed E-state index contributed by atoms with van der Waals surface area (Å²) in [5.41, 5.74) is 3.21. The van der Waals surface area contributed by atoms with Gasteiger partial charge in [-0.25, -0.2) is 0 Å². The largest absolute Gasteiger partial charge is 0.495 e. The minimum absolute atomic E-state index is 0.153. The number of nitrogens with zero attached hydrogens (tertiary/aromatic N) is 5. The molecule has 0 atom stereocenters. The van der Waals surface area contributed by atoms with Crippen molar-refractivity contribution >= 4 is 35.0 Å². The molecule has 1 N–H and O–H groups in total. The number of anilines is 1. The fourth-order valence-electron chi connectivity index (χ4n) is 3.23. The normalized spacial score (nSPS) is 10.9. The molecule has 0 radical (unpaired) electrons. The molecule has 0 saturated carbocycles. The number of nitrogens with one attached hydrogen (secondary N) is 1. The van der Waals surface area contributed by atoms with Crippen molar-refractivity contribution in [2.75, 3.05) is 18.2 Å². The third-order valence-corrected chi connectivity index (χ3v) is 5.98. The van der Waals surface area contributed by atoms with E-state index in [2.05, 4.69) is 20.6 Å². The third-order valence-electron chi connectivity index (χ3n) is 4.72. The molecule has 0 spiro atoms. The molecule has 10 heteroatoms. The molecule has 0 aliphatic rings. The summed E-state index contributed by atoms with van der Waals surface area (Å²) in [6, 6.07) is 15.0. The quantitative estimate of drug-likeness (QED) is 0.407. The van der Waals surface area contributed by atoms with Crippen LogP contribution in [0, 0.1) is 0 Å². The van der Waals surface area contributed by atoms with E-state index < -0.39 is 0 Å². The van der Waals surface area contributed by atoms with E-state index in [1.54, 1.807) is 22.9 Å². The monoisotopic (exact) mass is 468 g/mol. The molecule has 0 aliphatic carbocycles. The van der Waals surface area contributed by atoms with Crippen LogP contribution in [-0.2, 0) is 18.9 Å². The van der Waals surface area contributed by atoms with Crippen molar-refractivity contribution in [2.45, 2.75) is 5.16 Å². The second kappa shape index (κ2) is 9.46. The molecule has 0 bridgehead atoms. The summed E-state index contributed by atoms with van der Waals surface area (Å²) in [6.45, 7) is 0. The summed E-state index contributed by atoms with van der Waals surface area (Å²) in [5.74, 6) is 1.17. The van der Waals surface area contributed by atoms with Gasteiger partial charge in [0.2, 0.25) is 5.91 Å². The van der Waals surface area contributed by atoms with E-state index in [0.717, 1.165) is 16.8 Å². The molecule has 0 unspecified atom stereocenters. The predicted octanol–water partition coefficient (Wildman–Crippen LogP) is 4.28. The highest BCUT2D eigenvalue weighted by Crippen LogP contribution is 2.31. The van der Waals surface area contributed by atoms with E-state index in [4.69, 9.17) is 16.3 Å². The Morgan fingerprint density at radius 2 is 1.94 bits per heavy atom. The van der Waals surface area contributed by atoms with Crippen LogP contribution in [0.4, 0.5) is 5.69 Å². The van der Waals surface area contributed by atoms with E-state index in [0.29, 0.717) is 27.4 Å². The lowest BCUT2D eigenvalue weighted by Gasteiger charge is -2.10. The Morgan fingerprint density at radius 1 is 1.16 bits per heavy atom. The number of aryl methyl sites for hydroxylation is 1. The maximum absolute atomic E-state index is 12.5.